The van der Waals surface area contributed by atoms with E-state index >= 15 is 0 Å². The molecular weight excluding hydrogens is 366 g/mol. The van der Waals surface area contributed by atoms with Gasteiger partial charge in [0.1, 0.15) is 11.6 Å². The third-order valence-electron chi connectivity index (χ3n) is 4.73. The molecule has 0 saturated heterocycles. The maximum Gasteiger partial charge on any atom is 0.373 e. The minimum absolute atomic E-state index is 0.250. The molecule has 7 nitrogen and oxygen atoms in total. The summed E-state index contributed by atoms with van der Waals surface area (Å²) in [7, 11) is 0. The number of fused-ring (bicyclic) bond motifs is 1. The van der Waals surface area contributed by atoms with Gasteiger partial charge in [0, 0.05) is 43.7 Å². The van der Waals surface area contributed by atoms with Crippen molar-refractivity contribution in [3.05, 3.63) is 66.0 Å². The molecule has 3 heterocycles. The molecule has 1 aromatic carbocycles. The van der Waals surface area contributed by atoms with Gasteiger partial charge in [-0.1, -0.05) is 24.3 Å². The van der Waals surface area contributed by atoms with E-state index in [1.165, 1.54) is 11.1 Å². The summed E-state index contributed by atoms with van der Waals surface area (Å²) in [5, 5.41) is 3.33. The molecule has 1 aliphatic heterocycles. The van der Waals surface area contributed by atoms with Crippen molar-refractivity contribution in [2.24, 2.45) is 0 Å². The van der Waals surface area contributed by atoms with Crippen LogP contribution < -0.4 is 10.2 Å². The van der Waals surface area contributed by atoms with E-state index < -0.39 is 0 Å². The molecule has 0 aliphatic carbocycles. The zero-order chi connectivity index (χ0) is 20.5. The van der Waals surface area contributed by atoms with Crippen LogP contribution in [0.25, 0.3) is 11.4 Å². The van der Waals surface area contributed by atoms with Crippen molar-refractivity contribution in [1.29, 1.82) is 0 Å². The Bertz CT molecular complexity index is 945. The Morgan fingerprint density at radius 1 is 1.03 bits per heavy atom. The molecule has 148 valence electrons. The molecule has 0 spiro atoms. The smallest absolute Gasteiger partial charge is 0.370 e. The molecular formula is C22H23N5O2. The number of aromatic nitrogens is 3. The summed E-state index contributed by atoms with van der Waals surface area (Å²) in [6.07, 6.45) is 5.91. The quantitative estimate of drug-likeness (QED) is 0.734. The van der Waals surface area contributed by atoms with Gasteiger partial charge in [0.15, 0.2) is 5.82 Å². The molecule has 0 unspecified atom stereocenters. The number of hydrogen-bond donors (Lipinski definition) is 1. The molecule has 2 aromatic heterocycles. The number of nitrogens with one attached hydrogen (secondary N) is 1. The molecule has 0 atom stereocenters. The Balaban J connectivity index is 0.000000755. The molecule has 3 aromatic rings. The Morgan fingerprint density at radius 2 is 1.72 bits per heavy atom. The summed E-state index contributed by atoms with van der Waals surface area (Å²) >= 11 is 0. The predicted octanol–water partition coefficient (Wildman–Crippen LogP) is 2.99. The molecule has 0 fully saturated rings. The number of anilines is 2. The van der Waals surface area contributed by atoms with E-state index in [1.807, 2.05) is 18.3 Å². The highest BCUT2D eigenvalue weighted by Crippen LogP contribution is 2.24. The number of benzene rings is 1. The normalized spacial score (nSPS) is 12.7. The summed E-state index contributed by atoms with van der Waals surface area (Å²) in [6.45, 7) is 4.83. The Kier molecular flexibility index (Phi) is 7.03. The van der Waals surface area contributed by atoms with E-state index in [0.717, 1.165) is 49.7 Å². The van der Waals surface area contributed by atoms with Crippen molar-refractivity contribution >= 4 is 17.8 Å². The van der Waals surface area contributed by atoms with Gasteiger partial charge in [-0.3, -0.25) is 4.98 Å². The largest absolute Gasteiger partial charge is 0.373 e. The molecule has 1 aliphatic rings. The van der Waals surface area contributed by atoms with Crippen molar-refractivity contribution in [2.75, 3.05) is 29.9 Å². The fourth-order valence-corrected chi connectivity index (χ4v) is 3.39. The molecule has 0 saturated carbocycles. The van der Waals surface area contributed by atoms with Crippen molar-refractivity contribution in [2.45, 2.75) is 19.8 Å². The van der Waals surface area contributed by atoms with Gasteiger partial charge in [-0.15, -0.1) is 0 Å². The van der Waals surface area contributed by atoms with Crippen LogP contribution in [0, 0.1) is 0 Å². The van der Waals surface area contributed by atoms with Gasteiger partial charge >= 0.3 is 6.15 Å². The van der Waals surface area contributed by atoms with Gasteiger partial charge in [0.25, 0.3) is 0 Å². The lowest BCUT2D eigenvalue weighted by atomic mass is 10.0. The highest BCUT2D eigenvalue weighted by Gasteiger charge is 2.17. The lowest BCUT2D eigenvalue weighted by Crippen LogP contribution is -2.27. The molecule has 0 amide bonds. The minimum Gasteiger partial charge on any atom is -0.370 e. The van der Waals surface area contributed by atoms with Crippen LogP contribution in [0.15, 0.2) is 54.9 Å². The van der Waals surface area contributed by atoms with Crippen molar-refractivity contribution in [1.82, 2.24) is 15.0 Å². The fourth-order valence-electron chi connectivity index (χ4n) is 3.39. The van der Waals surface area contributed by atoms with Crippen LogP contribution in [0.1, 0.15) is 18.1 Å². The maximum atomic E-state index is 8.12. The third-order valence-corrected chi connectivity index (χ3v) is 4.73. The van der Waals surface area contributed by atoms with Crippen LogP contribution in [0.3, 0.4) is 0 Å². The minimum atomic E-state index is 0.250. The lowest BCUT2D eigenvalue weighted by Gasteiger charge is -2.22. The Hall–Kier alpha value is -3.57. The first-order valence-electron chi connectivity index (χ1n) is 9.59. The summed E-state index contributed by atoms with van der Waals surface area (Å²) in [5.41, 5.74) is 3.83. The van der Waals surface area contributed by atoms with Crippen LogP contribution in [0.2, 0.25) is 0 Å². The maximum absolute atomic E-state index is 8.12. The van der Waals surface area contributed by atoms with Gasteiger partial charge < -0.3 is 10.2 Å². The molecule has 29 heavy (non-hydrogen) atoms. The first-order valence-corrected chi connectivity index (χ1v) is 9.59. The summed E-state index contributed by atoms with van der Waals surface area (Å²) < 4.78 is 0. The lowest BCUT2D eigenvalue weighted by molar-refractivity contribution is -0.191. The zero-order valence-electron chi connectivity index (χ0n) is 16.3. The van der Waals surface area contributed by atoms with E-state index in [9.17, 15) is 0 Å². The van der Waals surface area contributed by atoms with Crippen LogP contribution >= 0.6 is 0 Å². The van der Waals surface area contributed by atoms with E-state index in [1.54, 1.807) is 6.20 Å². The average molecular weight is 389 g/mol. The van der Waals surface area contributed by atoms with E-state index in [0.29, 0.717) is 5.82 Å². The van der Waals surface area contributed by atoms with Gasteiger partial charge in [-0.2, -0.15) is 9.59 Å². The fraction of sp³-hybridized carbons (Fsp3) is 0.273. The Labute approximate surface area is 169 Å². The third kappa shape index (κ3) is 5.24. The number of carbonyl (C=O) groups excluding carboxylic acids is 2. The second kappa shape index (κ2) is 10.1. The van der Waals surface area contributed by atoms with Crippen LogP contribution in [0.4, 0.5) is 11.6 Å². The second-order valence-corrected chi connectivity index (χ2v) is 6.55. The van der Waals surface area contributed by atoms with Crippen molar-refractivity contribution < 1.29 is 9.59 Å². The molecule has 0 bridgehead atoms. The van der Waals surface area contributed by atoms with Crippen LogP contribution in [-0.4, -0.2) is 40.7 Å². The number of hydrogen-bond acceptors (Lipinski definition) is 7. The van der Waals surface area contributed by atoms with Crippen LogP contribution in [0.5, 0.6) is 0 Å². The van der Waals surface area contributed by atoms with Gasteiger partial charge in [0.05, 0.1) is 0 Å². The van der Waals surface area contributed by atoms with Crippen molar-refractivity contribution in [3.8, 4) is 11.4 Å². The van der Waals surface area contributed by atoms with Gasteiger partial charge in [-0.05, 0) is 43.0 Å². The summed E-state index contributed by atoms with van der Waals surface area (Å²) in [5.74, 6) is 2.55. The first-order chi connectivity index (χ1) is 14.2. The first kappa shape index (κ1) is 20.2. The number of rotatable bonds is 4. The average Bonchev–Trinajstić information content (AvgIpc) is 2.98. The molecule has 4 rings (SSSR count). The molecule has 0 radical (unpaired) electrons. The van der Waals surface area contributed by atoms with Gasteiger partial charge in [-0.25, -0.2) is 9.97 Å². The highest BCUT2D eigenvalue weighted by molar-refractivity contribution is 5.61. The molecule has 1 N–H and O–H groups in total. The predicted molar refractivity (Wildman–Crippen MR) is 110 cm³/mol. The Morgan fingerprint density at radius 3 is 2.31 bits per heavy atom. The number of pyridine rings is 1. The zero-order valence-corrected chi connectivity index (χ0v) is 16.3. The van der Waals surface area contributed by atoms with Gasteiger partial charge in [0.2, 0.25) is 0 Å². The van der Waals surface area contributed by atoms with Crippen molar-refractivity contribution in [3.63, 3.8) is 0 Å². The second-order valence-electron chi connectivity index (χ2n) is 6.55. The summed E-state index contributed by atoms with van der Waals surface area (Å²) in [4.78, 5) is 32.3. The van der Waals surface area contributed by atoms with Crippen LogP contribution in [-0.2, 0) is 22.4 Å². The monoisotopic (exact) mass is 389 g/mol. The number of nitrogens with zero attached hydrogens (tertiary/aromatic N) is 4. The summed E-state index contributed by atoms with van der Waals surface area (Å²) in [6, 6.07) is 14.7. The topological polar surface area (TPSA) is 88.1 Å². The SMILES string of the molecule is CCNc1cc(N2CCc3ccccc3CC2)nc(-c2cccnc2)n1.O=C=O. The highest BCUT2D eigenvalue weighted by atomic mass is 16.2. The van der Waals surface area contributed by atoms with E-state index in [4.69, 9.17) is 14.6 Å². The molecule has 7 heteroatoms. The van der Waals surface area contributed by atoms with E-state index in [-0.39, 0.29) is 6.15 Å². The van der Waals surface area contributed by atoms with E-state index in [2.05, 4.69) is 57.4 Å². The standard InChI is InChI=1S/C21H23N5.CO2/c1-2-23-19-14-20(25-21(24-19)18-8-5-11-22-15-18)26-12-9-16-6-3-4-7-17(16)10-13-26;2-1-3/h3-8,11,14-15H,2,9-10,12-13H2,1H3,(H,23,24,25);.